The van der Waals surface area contributed by atoms with E-state index in [1.54, 1.807) is 30.3 Å². The minimum absolute atomic E-state index is 0.0673. The lowest BCUT2D eigenvalue weighted by molar-refractivity contribution is 0.0992. The first kappa shape index (κ1) is 23.6. The molecule has 12 heteroatoms. The van der Waals surface area contributed by atoms with E-state index in [1.165, 1.54) is 42.5 Å². The van der Waals surface area contributed by atoms with Crippen LogP contribution in [0.3, 0.4) is 0 Å². The number of anilines is 1. The van der Waals surface area contributed by atoms with Crippen LogP contribution < -0.4 is 10.1 Å². The molecule has 0 aliphatic rings. The number of benzene rings is 2. The average molecular weight is 518 g/mol. The van der Waals surface area contributed by atoms with Gasteiger partial charge >= 0.3 is 0 Å². The summed E-state index contributed by atoms with van der Waals surface area (Å²) in [4.78, 5) is 12.4. The van der Waals surface area contributed by atoms with Crippen molar-refractivity contribution >= 4 is 50.6 Å². The van der Waals surface area contributed by atoms with E-state index in [-0.39, 0.29) is 28.2 Å². The fraction of sp³-hybridized carbons (Fsp3) is 0.0455. The van der Waals surface area contributed by atoms with E-state index in [1.807, 2.05) is 0 Å². The molecule has 34 heavy (non-hydrogen) atoms. The third-order valence-corrected chi connectivity index (χ3v) is 6.04. The maximum absolute atomic E-state index is 12.5. The molecule has 0 saturated heterocycles. The molecule has 2 heterocycles. The lowest BCUT2D eigenvalue weighted by atomic mass is 10.3. The van der Waals surface area contributed by atoms with Crippen LogP contribution in [0.25, 0.3) is 4.72 Å². The number of hydrogen-bond acceptors (Lipinski definition) is 7. The van der Waals surface area contributed by atoms with Gasteiger partial charge in [-0.1, -0.05) is 35.3 Å². The predicted octanol–water partition coefficient (Wildman–Crippen LogP) is 5.60. The number of furan rings is 1. The predicted molar refractivity (Wildman–Crippen MR) is 126 cm³/mol. The molecule has 174 valence electrons. The van der Waals surface area contributed by atoms with Crippen molar-refractivity contribution in [3.63, 3.8) is 0 Å². The van der Waals surface area contributed by atoms with E-state index in [0.717, 1.165) is 0 Å². The number of ether oxygens (including phenoxy) is 1. The van der Waals surface area contributed by atoms with Crippen molar-refractivity contribution in [3.8, 4) is 5.75 Å². The van der Waals surface area contributed by atoms with Crippen LogP contribution >= 0.6 is 23.2 Å². The fourth-order valence-corrected chi connectivity index (χ4v) is 3.94. The summed E-state index contributed by atoms with van der Waals surface area (Å²) < 4.78 is 39.6. The van der Waals surface area contributed by atoms with Crippen molar-refractivity contribution in [2.45, 2.75) is 11.5 Å². The number of carbonyl (C=O) groups excluding carboxylic acids is 1. The molecule has 4 aromatic rings. The van der Waals surface area contributed by atoms with Crippen LogP contribution in [0.1, 0.15) is 16.3 Å². The first-order chi connectivity index (χ1) is 16.3. The van der Waals surface area contributed by atoms with Crippen LogP contribution in [0.4, 0.5) is 11.5 Å². The van der Waals surface area contributed by atoms with Crippen molar-refractivity contribution < 1.29 is 22.4 Å². The standard InChI is InChI=1S/C22H16Cl2N4O5S/c23-14-2-1-3-16(12-14)32-13-17-6-9-19(33-17)22(29)25-15-4-7-18(8-5-15)34(30,31)28-21-11-10-20(24)26-27-21/h1-12H,13H2,(H2,25,27,28,29)/p-1. The normalized spacial score (nSPS) is 11.1. The molecule has 0 aliphatic heterocycles. The van der Waals surface area contributed by atoms with E-state index in [0.29, 0.717) is 22.2 Å². The zero-order chi connectivity index (χ0) is 24.1. The Bertz CT molecular complexity index is 1410. The average Bonchev–Trinajstić information content (AvgIpc) is 3.29. The number of carbonyl (C=O) groups is 1. The molecule has 4 rings (SSSR count). The quantitative estimate of drug-likeness (QED) is 0.322. The van der Waals surface area contributed by atoms with Gasteiger partial charge in [-0.15, -0.1) is 0 Å². The number of amides is 1. The highest BCUT2D eigenvalue weighted by Gasteiger charge is 2.14. The molecule has 0 unspecified atom stereocenters. The van der Waals surface area contributed by atoms with Crippen molar-refractivity contribution in [2.24, 2.45) is 0 Å². The molecule has 0 spiro atoms. The molecular formula is C22H15Cl2N4O5S-. The SMILES string of the molecule is O=C(Nc1ccc(S(=O)(=O)[N-]c2ccc(Cl)nn2)cc1)c1ccc(COc2cccc(Cl)c2)o1. The molecule has 0 bridgehead atoms. The fourth-order valence-electron chi connectivity index (χ4n) is 2.73. The minimum Gasteiger partial charge on any atom is -0.486 e. The van der Waals surface area contributed by atoms with Gasteiger partial charge in [-0.25, -0.2) is 13.5 Å². The number of rotatable bonds is 8. The second kappa shape index (κ2) is 10.1. The van der Waals surface area contributed by atoms with Gasteiger partial charge in [0.2, 0.25) is 10.0 Å². The van der Waals surface area contributed by atoms with Gasteiger partial charge in [0, 0.05) is 10.7 Å². The van der Waals surface area contributed by atoms with E-state index in [4.69, 9.17) is 32.4 Å². The van der Waals surface area contributed by atoms with Crippen LogP contribution in [-0.4, -0.2) is 24.5 Å². The molecular weight excluding hydrogens is 503 g/mol. The first-order valence-corrected chi connectivity index (χ1v) is 11.8. The summed E-state index contributed by atoms with van der Waals surface area (Å²) in [6, 6.07) is 18.2. The Morgan fingerprint density at radius 1 is 1.00 bits per heavy atom. The highest BCUT2D eigenvalue weighted by molar-refractivity contribution is 7.94. The largest absolute Gasteiger partial charge is 0.486 e. The number of nitrogens with one attached hydrogen (secondary N) is 1. The van der Waals surface area contributed by atoms with Crippen molar-refractivity contribution in [3.05, 3.63) is 99.2 Å². The summed E-state index contributed by atoms with van der Waals surface area (Å²) in [5, 5.41) is 10.5. The van der Waals surface area contributed by atoms with Gasteiger partial charge in [0.25, 0.3) is 5.91 Å². The summed E-state index contributed by atoms with van der Waals surface area (Å²) in [6.07, 6.45) is 0. The zero-order valence-corrected chi connectivity index (χ0v) is 19.5. The van der Waals surface area contributed by atoms with E-state index < -0.39 is 15.9 Å². The van der Waals surface area contributed by atoms with Crippen LogP contribution in [0.5, 0.6) is 5.75 Å². The maximum Gasteiger partial charge on any atom is 0.291 e. The van der Waals surface area contributed by atoms with Crippen molar-refractivity contribution in [2.75, 3.05) is 5.32 Å². The number of halogens is 2. The smallest absolute Gasteiger partial charge is 0.291 e. The highest BCUT2D eigenvalue weighted by Crippen LogP contribution is 2.27. The van der Waals surface area contributed by atoms with E-state index >= 15 is 0 Å². The Hall–Kier alpha value is -3.60. The lowest BCUT2D eigenvalue weighted by Crippen LogP contribution is -2.11. The van der Waals surface area contributed by atoms with Gasteiger partial charge in [-0.2, -0.15) is 0 Å². The van der Waals surface area contributed by atoms with Crippen LogP contribution in [-0.2, 0) is 16.6 Å². The molecule has 0 radical (unpaired) electrons. The summed E-state index contributed by atoms with van der Waals surface area (Å²) in [5.41, 5.74) is 0.364. The van der Waals surface area contributed by atoms with Gasteiger partial charge in [0.1, 0.15) is 23.3 Å². The summed E-state index contributed by atoms with van der Waals surface area (Å²) in [5.74, 6) is 0.469. The number of nitrogens with zero attached hydrogens (tertiary/aromatic N) is 3. The third-order valence-electron chi connectivity index (χ3n) is 4.30. The van der Waals surface area contributed by atoms with E-state index in [2.05, 4.69) is 20.2 Å². The molecule has 0 aliphatic carbocycles. The molecule has 2 aromatic carbocycles. The Kier molecular flexibility index (Phi) is 7.01. The molecule has 1 N–H and O–H groups in total. The third kappa shape index (κ3) is 6.04. The van der Waals surface area contributed by atoms with Gasteiger partial charge in [0.15, 0.2) is 5.76 Å². The molecule has 1 amide bonds. The lowest BCUT2D eigenvalue weighted by Gasteiger charge is -2.14. The second-order valence-electron chi connectivity index (χ2n) is 6.77. The van der Waals surface area contributed by atoms with Crippen molar-refractivity contribution in [1.82, 2.24) is 10.2 Å². The molecule has 2 aromatic heterocycles. The number of sulfonamides is 1. The Morgan fingerprint density at radius 3 is 2.50 bits per heavy atom. The van der Waals surface area contributed by atoms with Crippen LogP contribution in [0, 0.1) is 0 Å². The molecule has 0 saturated carbocycles. The van der Waals surface area contributed by atoms with Crippen LogP contribution in [0.2, 0.25) is 10.2 Å². The van der Waals surface area contributed by atoms with Gasteiger partial charge in [-0.3, -0.25) is 4.79 Å². The van der Waals surface area contributed by atoms with E-state index in [9.17, 15) is 13.2 Å². The zero-order valence-electron chi connectivity index (χ0n) is 17.2. The number of aromatic nitrogens is 2. The first-order valence-electron chi connectivity index (χ1n) is 9.64. The maximum atomic E-state index is 12.5. The Balaban J connectivity index is 1.36. The molecule has 0 fully saturated rings. The second-order valence-corrected chi connectivity index (χ2v) is 9.20. The van der Waals surface area contributed by atoms with Gasteiger partial charge < -0.3 is 24.3 Å². The molecule has 9 nitrogen and oxygen atoms in total. The van der Waals surface area contributed by atoms with Gasteiger partial charge in [-0.05, 0) is 66.5 Å². The summed E-state index contributed by atoms with van der Waals surface area (Å²) in [6.45, 7) is 0.113. The van der Waals surface area contributed by atoms with Crippen molar-refractivity contribution in [1.29, 1.82) is 0 Å². The summed E-state index contributed by atoms with van der Waals surface area (Å²) in [7, 11) is -4.03. The van der Waals surface area contributed by atoms with Gasteiger partial charge in [0.05, 0.1) is 4.90 Å². The molecule has 0 atom stereocenters. The topological polar surface area (TPSA) is 125 Å². The Morgan fingerprint density at radius 2 is 1.79 bits per heavy atom. The minimum atomic E-state index is -4.03. The number of hydrogen-bond donors (Lipinski definition) is 1. The summed E-state index contributed by atoms with van der Waals surface area (Å²) >= 11 is 11.6. The Labute approximate surface area is 204 Å². The monoisotopic (exact) mass is 517 g/mol. The van der Waals surface area contributed by atoms with Crippen LogP contribution in [0.15, 0.2) is 82.1 Å². The highest BCUT2D eigenvalue weighted by atomic mass is 35.5.